The average molecular weight is 286 g/mol. The summed E-state index contributed by atoms with van der Waals surface area (Å²) < 4.78 is 16.5. The Bertz CT molecular complexity index is 616. The van der Waals surface area contributed by atoms with E-state index in [2.05, 4.69) is 17.2 Å². The molecule has 1 aromatic carbocycles. The van der Waals surface area contributed by atoms with E-state index in [9.17, 15) is 0 Å². The molecule has 5 nitrogen and oxygen atoms in total. The molecule has 110 valence electrons. The third kappa shape index (κ3) is 3.25. The molecule has 0 unspecified atom stereocenters. The number of aromatic nitrogens is 1. The molecule has 1 N–H and O–H groups in total. The smallest absolute Gasteiger partial charge is 0.231 e. The lowest BCUT2D eigenvalue weighted by Crippen LogP contribution is -2.13. The van der Waals surface area contributed by atoms with Gasteiger partial charge in [-0.3, -0.25) is 4.98 Å². The van der Waals surface area contributed by atoms with Crippen molar-refractivity contribution in [2.24, 2.45) is 0 Å². The molecule has 3 rings (SSSR count). The highest BCUT2D eigenvalue weighted by Crippen LogP contribution is 2.32. The topological polar surface area (TPSA) is 52.6 Å². The van der Waals surface area contributed by atoms with Gasteiger partial charge in [-0.1, -0.05) is 13.0 Å². The monoisotopic (exact) mass is 286 g/mol. The Hall–Kier alpha value is -2.27. The van der Waals surface area contributed by atoms with E-state index in [0.717, 1.165) is 41.5 Å². The summed E-state index contributed by atoms with van der Waals surface area (Å²) in [7, 11) is 0. The molecule has 1 aliphatic heterocycles. The van der Waals surface area contributed by atoms with E-state index in [1.165, 1.54) is 0 Å². The Morgan fingerprint density at radius 1 is 1.24 bits per heavy atom. The molecule has 0 spiro atoms. The van der Waals surface area contributed by atoms with E-state index in [4.69, 9.17) is 14.2 Å². The average Bonchev–Trinajstić information content (AvgIpc) is 2.99. The van der Waals surface area contributed by atoms with Gasteiger partial charge in [-0.2, -0.15) is 0 Å². The van der Waals surface area contributed by atoms with Gasteiger partial charge in [0.1, 0.15) is 12.4 Å². The number of ether oxygens (including phenoxy) is 3. The molecular formula is C16H18N2O3. The normalized spacial score (nSPS) is 12.4. The van der Waals surface area contributed by atoms with E-state index in [1.807, 2.05) is 24.3 Å². The minimum Gasteiger partial charge on any atom is -0.487 e. The van der Waals surface area contributed by atoms with Crippen LogP contribution >= 0.6 is 0 Å². The van der Waals surface area contributed by atoms with E-state index >= 15 is 0 Å². The summed E-state index contributed by atoms with van der Waals surface area (Å²) in [6.45, 7) is 4.53. The third-order valence-corrected chi connectivity index (χ3v) is 3.27. The molecule has 1 aliphatic rings. The fourth-order valence-electron chi connectivity index (χ4n) is 2.14. The number of hydrogen-bond acceptors (Lipinski definition) is 5. The largest absolute Gasteiger partial charge is 0.487 e. The quantitative estimate of drug-likeness (QED) is 0.884. The lowest BCUT2D eigenvalue weighted by atomic mass is 10.2. The molecule has 0 fully saturated rings. The number of hydrogen-bond donors (Lipinski definition) is 1. The number of benzene rings is 1. The van der Waals surface area contributed by atoms with Crippen LogP contribution < -0.4 is 19.5 Å². The highest BCUT2D eigenvalue weighted by atomic mass is 16.7. The van der Waals surface area contributed by atoms with Gasteiger partial charge in [0.25, 0.3) is 0 Å². The molecule has 0 saturated carbocycles. The van der Waals surface area contributed by atoms with Gasteiger partial charge in [0.05, 0.1) is 6.20 Å². The van der Waals surface area contributed by atoms with E-state index in [-0.39, 0.29) is 6.79 Å². The molecule has 0 saturated heterocycles. The number of pyridine rings is 1. The number of fused-ring (bicyclic) bond motifs is 1. The zero-order chi connectivity index (χ0) is 14.5. The Kier molecular flexibility index (Phi) is 4.21. The molecule has 0 radical (unpaired) electrons. The van der Waals surface area contributed by atoms with Gasteiger partial charge in [0.15, 0.2) is 11.5 Å². The summed E-state index contributed by atoms with van der Waals surface area (Å²) in [5.41, 5.74) is 2.14. The Labute approximate surface area is 123 Å². The van der Waals surface area contributed by atoms with Gasteiger partial charge in [0.2, 0.25) is 6.79 Å². The second-order valence-electron chi connectivity index (χ2n) is 4.74. The van der Waals surface area contributed by atoms with Gasteiger partial charge >= 0.3 is 0 Å². The van der Waals surface area contributed by atoms with Gasteiger partial charge in [-0.25, -0.2) is 0 Å². The SMILES string of the molecule is CCNCc1ccncc1OCc1ccc2c(c1)OCO2. The Morgan fingerprint density at radius 2 is 2.14 bits per heavy atom. The number of nitrogens with one attached hydrogen (secondary N) is 1. The molecule has 2 aromatic rings. The highest BCUT2D eigenvalue weighted by molar-refractivity contribution is 5.44. The van der Waals surface area contributed by atoms with Crippen LogP contribution in [0, 0.1) is 0 Å². The van der Waals surface area contributed by atoms with Crippen LogP contribution in [0.25, 0.3) is 0 Å². The predicted octanol–water partition coefficient (Wildman–Crippen LogP) is 2.50. The first-order valence-corrected chi connectivity index (χ1v) is 7.01. The molecule has 2 heterocycles. The minimum absolute atomic E-state index is 0.287. The molecule has 0 aliphatic carbocycles. The first kappa shape index (κ1) is 13.7. The zero-order valence-electron chi connectivity index (χ0n) is 12.0. The van der Waals surface area contributed by atoms with Crippen LogP contribution in [0.15, 0.2) is 36.7 Å². The van der Waals surface area contributed by atoms with Gasteiger partial charge in [0, 0.05) is 18.3 Å². The highest BCUT2D eigenvalue weighted by Gasteiger charge is 2.13. The first-order valence-electron chi connectivity index (χ1n) is 7.01. The second kappa shape index (κ2) is 6.45. The van der Waals surface area contributed by atoms with Crippen molar-refractivity contribution in [3.8, 4) is 17.2 Å². The van der Waals surface area contributed by atoms with Gasteiger partial charge < -0.3 is 19.5 Å². The van der Waals surface area contributed by atoms with Crippen LogP contribution in [0.5, 0.6) is 17.2 Å². The first-order chi connectivity index (χ1) is 10.4. The van der Waals surface area contributed by atoms with Gasteiger partial charge in [-0.05, 0) is 30.3 Å². The van der Waals surface area contributed by atoms with Crippen molar-refractivity contribution >= 4 is 0 Å². The Balaban J connectivity index is 1.67. The lowest BCUT2D eigenvalue weighted by Gasteiger charge is -2.11. The van der Waals surface area contributed by atoms with Gasteiger partial charge in [-0.15, -0.1) is 0 Å². The van der Waals surface area contributed by atoms with E-state index < -0.39 is 0 Å². The summed E-state index contributed by atoms with van der Waals surface area (Å²) in [6.07, 6.45) is 3.53. The van der Waals surface area contributed by atoms with Crippen LogP contribution in [-0.4, -0.2) is 18.3 Å². The summed E-state index contributed by atoms with van der Waals surface area (Å²) in [5, 5.41) is 3.29. The van der Waals surface area contributed by atoms with Crippen LogP contribution in [-0.2, 0) is 13.2 Å². The number of nitrogens with zero attached hydrogens (tertiary/aromatic N) is 1. The van der Waals surface area contributed by atoms with Crippen LogP contribution in [0.1, 0.15) is 18.1 Å². The lowest BCUT2D eigenvalue weighted by molar-refractivity contribution is 0.174. The van der Waals surface area contributed by atoms with Crippen molar-refractivity contribution < 1.29 is 14.2 Å². The van der Waals surface area contributed by atoms with Crippen molar-refractivity contribution in [1.29, 1.82) is 0 Å². The fourth-order valence-corrected chi connectivity index (χ4v) is 2.14. The maximum Gasteiger partial charge on any atom is 0.231 e. The number of rotatable bonds is 6. The summed E-state index contributed by atoms with van der Waals surface area (Å²) in [4.78, 5) is 4.13. The van der Waals surface area contributed by atoms with Crippen LogP contribution in [0.2, 0.25) is 0 Å². The summed E-state index contributed by atoms with van der Waals surface area (Å²) in [6, 6.07) is 7.80. The van der Waals surface area contributed by atoms with Crippen molar-refractivity contribution in [2.45, 2.75) is 20.1 Å². The standard InChI is InChI=1S/C16H18N2O3/c1-2-17-8-13-5-6-18-9-16(13)19-10-12-3-4-14-15(7-12)21-11-20-14/h3-7,9,17H,2,8,10-11H2,1H3. The van der Waals surface area contributed by atoms with Crippen molar-refractivity contribution in [1.82, 2.24) is 10.3 Å². The van der Waals surface area contributed by atoms with E-state index in [1.54, 1.807) is 12.4 Å². The Morgan fingerprint density at radius 3 is 3.05 bits per heavy atom. The molecule has 1 aromatic heterocycles. The molecule has 0 bridgehead atoms. The summed E-state index contributed by atoms with van der Waals surface area (Å²) in [5.74, 6) is 2.36. The van der Waals surface area contributed by atoms with E-state index in [0.29, 0.717) is 6.61 Å². The van der Waals surface area contributed by atoms with Crippen LogP contribution in [0.4, 0.5) is 0 Å². The zero-order valence-corrected chi connectivity index (χ0v) is 12.0. The minimum atomic E-state index is 0.287. The van der Waals surface area contributed by atoms with Crippen molar-refractivity contribution in [2.75, 3.05) is 13.3 Å². The molecular weight excluding hydrogens is 268 g/mol. The molecule has 5 heteroatoms. The van der Waals surface area contributed by atoms with Crippen LogP contribution in [0.3, 0.4) is 0 Å². The fraction of sp³-hybridized carbons (Fsp3) is 0.312. The third-order valence-electron chi connectivity index (χ3n) is 3.27. The van der Waals surface area contributed by atoms with Crippen molar-refractivity contribution in [3.05, 3.63) is 47.8 Å². The maximum atomic E-state index is 5.88. The molecule has 0 atom stereocenters. The summed E-state index contributed by atoms with van der Waals surface area (Å²) >= 11 is 0. The molecule has 21 heavy (non-hydrogen) atoms. The second-order valence-corrected chi connectivity index (χ2v) is 4.74. The van der Waals surface area contributed by atoms with Crippen molar-refractivity contribution in [3.63, 3.8) is 0 Å². The molecule has 0 amide bonds. The maximum absolute atomic E-state index is 5.88. The predicted molar refractivity (Wildman–Crippen MR) is 78.5 cm³/mol.